The average molecular weight is 328 g/mol. The number of para-hydroxylation sites is 1. The smallest absolute Gasteiger partial charge is 0.218 e. The Kier molecular flexibility index (Phi) is 4.24. The Morgan fingerprint density at radius 3 is 2.48 bits per heavy atom. The van der Waals surface area contributed by atoms with Gasteiger partial charge in [-0.05, 0) is 29.7 Å². The number of hydrogen-bond acceptors (Lipinski definition) is 2. The van der Waals surface area contributed by atoms with E-state index in [1.807, 2.05) is 61.7 Å². The highest BCUT2D eigenvalue weighted by Gasteiger charge is 2.20. The van der Waals surface area contributed by atoms with Crippen molar-refractivity contribution in [2.75, 3.05) is 7.05 Å². The van der Waals surface area contributed by atoms with E-state index in [1.165, 1.54) is 4.31 Å². The van der Waals surface area contributed by atoms with Crippen molar-refractivity contribution in [3.8, 4) is 0 Å². The van der Waals surface area contributed by atoms with Crippen LogP contribution in [-0.2, 0) is 22.3 Å². The normalized spacial score (nSPS) is 12.1. The summed E-state index contributed by atoms with van der Waals surface area (Å²) in [6.07, 6.45) is 1.88. The van der Waals surface area contributed by atoms with Gasteiger partial charge in [0.05, 0.1) is 5.75 Å². The maximum absolute atomic E-state index is 12.6. The lowest BCUT2D eigenvalue weighted by Gasteiger charge is -2.17. The third-order valence-electron chi connectivity index (χ3n) is 4.14. The first kappa shape index (κ1) is 15.8. The van der Waals surface area contributed by atoms with E-state index in [-0.39, 0.29) is 5.75 Å². The molecule has 0 saturated carbocycles. The molecule has 4 nitrogen and oxygen atoms in total. The standard InChI is InChI=1S/C18H20N2O2S/c1-14-7-3-4-8-15(14)13-23(21,22)20(2)12-16-11-19-18-10-6-5-9-17(16)18/h3-11,19H,12-13H2,1-2H3. The average Bonchev–Trinajstić information content (AvgIpc) is 2.93. The molecular formula is C18H20N2O2S. The largest absolute Gasteiger partial charge is 0.361 e. The highest BCUT2D eigenvalue weighted by Crippen LogP contribution is 2.21. The molecule has 1 heterocycles. The van der Waals surface area contributed by atoms with Gasteiger partial charge in [0, 0.05) is 30.7 Å². The van der Waals surface area contributed by atoms with Crippen molar-refractivity contribution in [2.45, 2.75) is 19.2 Å². The first-order valence-corrected chi connectivity index (χ1v) is 9.12. The fraction of sp³-hybridized carbons (Fsp3) is 0.222. The minimum Gasteiger partial charge on any atom is -0.361 e. The van der Waals surface area contributed by atoms with Gasteiger partial charge in [0.15, 0.2) is 0 Å². The lowest BCUT2D eigenvalue weighted by Crippen LogP contribution is -2.27. The topological polar surface area (TPSA) is 53.2 Å². The molecule has 0 aliphatic carbocycles. The number of hydrogen-bond donors (Lipinski definition) is 1. The van der Waals surface area contributed by atoms with Gasteiger partial charge >= 0.3 is 0 Å². The van der Waals surface area contributed by atoms with Crippen molar-refractivity contribution < 1.29 is 8.42 Å². The molecule has 1 N–H and O–H groups in total. The molecule has 3 rings (SSSR count). The van der Waals surface area contributed by atoms with Gasteiger partial charge < -0.3 is 4.98 Å². The summed E-state index contributed by atoms with van der Waals surface area (Å²) >= 11 is 0. The molecule has 23 heavy (non-hydrogen) atoms. The van der Waals surface area contributed by atoms with Crippen LogP contribution in [0.25, 0.3) is 10.9 Å². The molecule has 0 aliphatic heterocycles. The van der Waals surface area contributed by atoms with Gasteiger partial charge in [-0.15, -0.1) is 0 Å². The Bertz CT molecular complexity index is 929. The molecular weight excluding hydrogens is 308 g/mol. The molecule has 5 heteroatoms. The maximum Gasteiger partial charge on any atom is 0.218 e. The van der Waals surface area contributed by atoms with Gasteiger partial charge in [0.1, 0.15) is 0 Å². The van der Waals surface area contributed by atoms with Crippen LogP contribution in [0.5, 0.6) is 0 Å². The first-order chi connectivity index (χ1) is 11.0. The number of aromatic nitrogens is 1. The number of rotatable bonds is 5. The summed E-state index contributed by atoms with van der Waals surface area (Å²) in [5.41, 5.74) is 3.85. The van der Waals surface area contributed by atoms with Crippen molar-refractivity contribution in [1.82, 2.24) is 9.29 Å². The van der Waals surface area contributed by atoms with Crippen molar-refractivity contribution in [1.29, 1.82) is 0 Å². The van der Waals surface area contributed by atoms with Crippen LogP contribution in [0.2, 0.25) is 0 Å². The van der Waals surface area contributed by atoms with Crippen molar-refractivity contribution in [3.63, 3.8) is 0 Å². The number of benzene rings is 2. The number of nitrogens with one attached hydrogen (secondary N) is 1. The predicted molar refractivity (Wildman–Crippen MR) is 93.6 cm³/mol. The monoisotopic (exact) mass is 328 g/mol. The van der Waals surface area contributed by atoms with E-state index < -0.39 is 10.0 Å². The van der Waals surface area contributed by atoms with Crippen molar-refractivity contribution in [3.05, 3.63) is 71.4 Å². The number of fused-ring (bicyclic) bond motifs is 1. The number of aryl methyl sites for hydroxylation is 1. The van der Waals surface area contributed by atoms with Crippen LogP contribution < -0.4 is 0 Å². The Morgan fingerprint density at radius 2 is 1.70 bits per heavy atom. The Labute approximate surface area is 136 Å². The van der Waals surface area contributed by atoms with Gasteiger partial charge in [-0.1, -0.05) is 42.5 Å². The quantitative estimate of drug-likeness (QED) is 0.780. The van der Waals surface area contributed by atoms with Crippen LogP contribution in [0.3, 0.4) is 0 Å². The zero-order chi connectivity index (χ0) is 16.4. The minimum absolute atomic E-state index is 0.0263. The minimum atomic E-state index is -3.36. The van der Waals surface area contributed by atoms with E-state index in [9.17, 15) is 8.42 Å². The van der Waals surface area contributed by atoms with Gasteiger partial charge in [-0.2, -0.15) is 0 Å². The lowest BCUT2D eigenvalue weighted by atomic mass is 10.1. The molecule has 0 bridgehead atoms. The van der Waals surface area contributed by atoms with Gasteiger partial charge in [-0.25, -0.2) is 12.7 Å². The fourth-order valence-electron chi connectivity index (χ4n) is 2.68. The fourth-order valence-corrected chi connectivity index (χ4v) is 3.95. The second kappa shape index (κ2) is 6.18. The highest BCUT2D eigenvalue weighted by atomic mass is 32.2. The molecule has 0 aliphatic rings. The van der Waals surface area contributed by atoms with Crippen LogP contribution in [0.4, 0.5) is 0 Å². The number of sulfonamides is 1. The number of nitrogens with zero attached hydrogens (tertiary/aromatic N) is 1. The lowest BCUT2D eigenvalue weighted by molar-refractivity contribution is 0.467. The summed E-state index contributed by atoms with van der Waals surface area (Å²) < 4.78 is 26.7. The Balaban J connectivity index is 1.82. The molecule has 0 amide bonds. The number of aromatic amines is 1. The predicted octanol–water partition coefficient (Wildman–Crippen LogP) is 3.44. The van der Waals surface area contributed by atoms with Crippen molar-refractivity contribution in [2.24, 2.45) is 0 Å². The molecule has 1 aromatic heterocycles. The third kappa shape index (κ3) is 3.30. The van der Waals surface area contributed by atoms with Gasteiger partial charge in [-0.3, -0.25) is 0 Å². The Morgan fingerprint density at radius 1 is 1.00 bits per heavy atom. The van der Waals surface area contributed by atoms with E-state index in [1.54, 1.807) is 7.05 Å². The molecule has 120 valence electrons. The molecule has 2 aromatic carbocycles. The van der Waals surface area contributed by atoms with Crippen LogP contribution in [0.1, 0.15) is 16.7 Å². The first-order valence-electron chi connectivity index (χ1n) is 7.51. The summed E-state index contributed by atoms with van der Waals surface area (Å²) in [6, 6.07) is 15.5. The van der Waals surface area contributed by atoms with E-state index in [0.717, 1.165) is 27.6 Å². The maximum atomic E-state index is 12.6. The molecule has 0 saturated heterocycles. The van der Waals surface area contributed by atoms with Crippen molar-refractivity contribution >= 4 is 20.9 Å². The molecule has 0 radical (unpaired) electrons. The van der Waals surface area contributed by atoms with Gasteiger partial charge in [0.2, 0.25) is 10.0 Å². The van der Waals surface area contributed by atoms with Crippen LogP contribution in [-0.4, -0.2) is 24.8 Å². The van der Waals surface area contributed by atoms with E-state index in [4.69, 9.17) is 0 Å². The van der Waals surface area contributed by atoms with E-state index in [0.29, 0.717) is 6.54 Å². The SMILES string of the molecule is Cc1ccccc1CS(=O)(=O)N(C)Cc1c[nH]c2ccccc12. The van der Waals surface area contributed by atoms with Gasteiger partial charge in [0.25, 0.3) is 0 Å². The zero-order valence-corrected chi connectivity index (χ0v) is 14.1. The van der Waals surface area contributed by atoms with E-state index in [2.05, 4.69) is 4.98 Å². The summed E-state index contributed by atoms with van der Waals surface area (Å²) in [5, 5.41) is 1.06. The molecule has 0 unspecified atom stereocenters. The summed E-state index contributed by atoms with van der Waals surface area (Å²) in [4.78, 5) is 3.18. The van der Waals surface area contributed by atoms with Crippen LogP contribution in [0.15, 0.2) is 54.7 Å². The summed E-state index contributed by atoms with van der Waals surface area (Å²) in [6.45, 7) is 2.29. The second-order valence-corrected chi connectivity index (χ2v) is 7.87. The Hall–Kier alpha value is -2.11. The second-order valence-electron chi connectivity index (χ2n) is 5.80. The molecule has 0 fully saturated rings. The molecule has 3 aromatic rings. The molecule has 0 spiro atoms. The van der Waals surface area contributed by atoms with Crippen LogP contribution >= 0.6 is 0 Å². The molecule has 0 atom stereocenters. The summed E-state index contributed by atoms with van der Waals surface area (Å²) in [7, 11) is -1.73. The highest BCUT2D eigenvalue weighted by molar-refractivity contribution is 7.88. The number of H-pyrrole nitrogens is 1. The van der Waals surface area contributed by atoms with E-state index >= 15 is 0 Å². The third-order valence-corrected chi connectivity index (χ3v) is 5.90. The zero-order valence-electron chi connectivity index (χ0n) is 13.3. The summed E-state index contributed by atoms with van der Waals surface area (Å²) in [5.74, 6) is 0.0263. The van der Waals surface area contributed by atoms with Crippen LogP contribution in [0, 0.1) is 6.92 Å².